The summed E-state index contributed by atoms with van der Waals surface area (Å²) in [5.41, 5.74) is 5.29. The summed E-state index contributed by atoms with van der Waals surface area (Å²) in [5, 5.41) is 2.82. The molecule has 0 aromatic rings. The second-order valence-corrected chi connectivity index (χ2v) is 3.52. The molecule has 0 saturated heterocycles. The summed E-state index contributed by atoms with van der Waals surface area (Å²) in [5.74, 6) is 0.0833. The van der Waals surface area contributed by atoms with Crippen LogP contribution < -0.4 is 11.1 Å². The van der Waals surface area contributed by atoms with Crippen molar-refractivity contribution in [2.45, 2.75) is 39.2 Å². The van der Waals surface area contributed by atoms with Crippen LogP contribution in [0.15, 0.2) is 0 Å². The standard InChI is InChI=1S/C10H22N2O2/c1-9(2)14-8-4-7-12-10(13)5-3-6-11/h9H,3-8,11H2,1-2H3,(H,12,13). The van der Waals surface area contributed by atoms with Gasteiger partial charge in [-0.1, -0.05) is 0 Å². The van der Waals surface area contributed by atoms with Gasteiger partial charge in [0.1, 0.15) is 0 Å². The number of carbonyl (C=O) groups is 1. The van der Waals surface area contributed by atoms with Crippen LogP contribution in [0, 0.1) is 0 Å². The summed E-state index contributed by atoms with van der Waals surface area (Å²) < 4.78 is 5.33. The Hall–Kier alpha value is -0.610. The van der Waals surface area contributed by atoms with E-state index in [0.717, 1.165) is 12.8 Å². The van der Waals surface area contributed by atoms with Crippen LogP contribution in [0.2, 0.25) is 0 Å². The molecule has 0 bridgehead atoms. The van der Waals surface area contributed by atoms with Gasteiger partial charge in [-0.25, -0.2) is 0 Å². The molecular weight excluding hydrogens is 180 g/mol. The van der Waals surface area contributed by atoms with Gasteiger partial charge in [-0.05, 0) is 33.2 Å². The zero-order chi connectivity index (χ0) is 10.8. The lowest BCUT2D eigenvalue weighted by Crippen LogP contribution is -2.25. The maximum atomic E-state index is 11.1. The van der Waals surface area contributed by atoms with Gasteiger partial charge in [0, 0.05) is 19.6 Å². The van der Waals surface area contributed by atoms with Gasteiger partial charge in [-0.3, -0.25) is 4.79 Å². The Morgan fingerprint density at radius 1 is 1.43 bits per heavy atom. The molecule has 0 aromatic carbocycles. The third kappa shape index (κ3) is 9.48. The first kappa shape index (κ1) is 13.4. The first-order valence-electron chi connectivity index (χ1n) is 5.25. The zero-order valence-corrected chi connectivity index (χ0v) is 9.21. The van der Waals surface area contributed by atoms with Gasteiger partial charge in [0.25, 0.3) is 0 Å². The van der Waals surface area contributed by atoms with Crippen molar-refractivity contribution in [2.75, 3.05) is 19.7 Å². The minimum absolute atomic E-state index is 0.0833. The highest BCUT2D eigenvalue weighted by atomic mass is 16.5. The first-order chi connectivity index (χ1) is 6.66. The van der Waals surface area contributed by atoms with Crippen molar-refractivity contribution in [2.24, 2.45) is 5.73 Å². The summed E-state index contributed by atoms with van der Waals surface area (Å²) in [6, 6.07) is 0. The van der Waals surface area contributed by atoms with Crippen LogP contribution in [-0.4, -0.2) is 31.7 Å². The van der Waals surface area contributed by atoms with Crippen molar-refractivity contribution >= 4 is 5.91 Å². The quantitative estimate of drug-likeness (QED) is 0.568. The summed E-state index contributed by atoms with van der Waals surface area (Å²) in [7, 11) is 0. The molecule has 0 radical (unpaired) electrons. The number of carbonyl (C=O) groups excluding carboxylic acids is 1. The SMILES string of the molecule is CC(C)OCCCNC(=O)CCCN. The van der Waals surface area contributed by atoms with Gasteiger partial charge in [0.05, 0.1) is 6.10 Å². The molecule has 14 heavy (non-hydrogen) atoms. The molecule has 3 N–H and O–H groups in total. The minimum atomic E-state index is 0.0833. The van der Waals surface area contributed by atoms with Gasteiger partial charge in [-0.15, -0.1) is 0 Å². The number of rotatable bonds is 8. The fraction of sp³-hybridized carbons (Fsp3) is 0.900. The van der Waals surface area contributed by atoms with E-state index < -0.39 is 0 Å². The molecule has 0 fully saturated rings. The Morgan fingerprint density at radius 3 is 2.71 bits per heavy atom. The van der Waals surface area contributed by atoms with Crippen molar-refractivity contribution in [1.82, 2.24) is 5.32 Å². The number of nitrogens with one attached hydrogen (secondary N) is 1. The molecule has 0 aliphatic rings. The first-order valence-corrected chi connectivity index (χ1v) is 5.25. The smallest absolute Gasteiger partial charge is 0.220 e. The number of hydrogen-bond donors (Lipinski definition) is 2. The molecular formula is C10H22N2O2. The van der Waals surface area contributed by atoms with E-state index in [9.17, 15) is 4.79 Å². The highest BCUT2D eigenvalue weighted by Crippen LogP contribution is 1.90. The van der Waals surface area contributed by atoms with E-state index in [1.165, 1.54) is 0 Å². The lowest BCUT2D eigenvalue weighted by molar-refractivity contribution is -0.121. The number of amides is 1. The highest BCUT2D eigenvalue weighted by Gasteiger charge is 1.99. The van der Waals surface area contributed by atoms with Crippen LogP contribution >= 0.6 is 0 Å². The van der Waals surface area contributed by atoms with Crippen molar-refractivity contribution < 1.29 is 9.53 Å². The summed E-state index contributed by atoms with van der Waals surface area (Å²) >= 11 is 0. The second kappa shape index (κ2) is 8.97. The molecule has 0 spiro atoms. The third-order valence-corrected chi connectivity index (χ3v) is 1.70. The maximum absolute atomic E-state index is 11.1. The molecule has 0 aliphatic heterocycles. The minimum Gasteiger partial charge on any atom is -0.379 e. The molecule has 4 heteroatoms. The molecule has 0 atom stereocenters. The predicted molar refractivity (Wildman–Crippen MR) is 57.0 cm³/mol. The fourth-order valence-electron chi connectivity index (χ4n) is 0.970. The van der Waals surface area contributed by atoms with E-state index in [0.29, 0.717) is 26.1 Å². The van der Waals surface area contributed by atoms with Gasteiger partial charge < -0.3 is 15.8 Å². The van der Waals surface area contributed by atoms with Crippen LogP contribution in [0.5, 0.6) is 0 Å². The Morgan fingerprint density at radius 2 is 2.14 bits per heavy atom. The molecule has 0 unspecified atom stereocenters. The van der Waals surface area contributed by atoms with E-state index >= 15 is 0 Å². The largest absolute Gasteiger partial charge is 0.379 e. The summed E-state index contributed by atoms with van der Waals surface area (Å²) in [4.78, 5) is 11.1. The van der Waals surface area contributed by atoms with Crippen LogP contribution in [0.4, 0.5) is 0 Å². The Labute approximate surface area is 86.2 Å². The van der Waals surface area contributed by atoms with Gasteiger partial charge in [-0.2, -0.15) is 0 Å². The molecule has 0 rings (SSSR count). The monoisotopic (exact) mass is 202 g/mol. The van der Waals surface area contributed by atoms with Gasteiger partial charge in [0.2, 0.25) is 5.91 Å². The van der Waals surface area contributed by atoms with Crippen LogP contribution in [0.25, 0.3) is 0 Å². The van der Waals surface area contributed by atoms with Crippen LogP contribution in [-0.2, 0) is 9.53 Å². The van der Waals surface area contributed by atoms with E-state index in [1.54, 1.807) is 0 Å². The number of hydrogen-bond acceptors (Lipinski definition) is 3. The van der Waals surface area contributed by atoms with E-state index in [-0.39, 0.29) is 12.0 Å². The van der Waals surface area contributed by atoms with Gasteiger partial charge >= 0.3 is 0 Å². The number of ether oxygens (including phenoxy) is 1. The van der Waals surface area contributed by atoms with Gasteiger partial charge in [0.15, 0.2) is 0 Å². The topological polar surface area (TPSA) is 64.3 Å². The normalized spacial score (nSPS) is 10.6. The molecule has 4 nitrogen and oxygen atoms in total. The van der Waals surface area contributed by atoms with Crippen LogP contribution in [0.3, 0.4) is 0 Å². The predicted octanol–water partition coefficient (Wildman–Crippen LogP) is 0.657. The van der Waals surface area contributed by atoms with E-state index in [2.05, 4.69) is 5.32 Å². The summed E-state index contributed by atoms with van der Waals surface area (Å²) in [6.45, 7) is 5.97. The lowest BCUT2D eigenvalue weighted by Gasteiger charge is -2.07. The summed E-state index contributed by atoms with van der Waals surface area (Å²) in [6.07, 6.45) is 2.42. The fourth-order valence-corrected chi connectivity index (χ4v) is 0.970. The maximum Gasteiger partial charge on any atom is 0.220 e. The van der Waals surface area contributed by atoms with Crippen LogP contribution in [0.1, 0.15) is 33.1 Å². The average Bonchev–Trinajstić information content (AvgIpc) is 2.13. The Bertz CT molecular complexity index is 149. The van der Waals surface area contributed by atoms with E-state index in [4.69, 9.17) is 10.5 Å². The second-order valence-electron chi connectivity index (χ2n) is 3.52. The Kier molecular flexibility index (Phi) is 8.57. The van der Waals surface area contributed by atoms with E-state index in [1.807, 2.05) is 13.8 Å². The number of nitrogens with two attached hydrogens (primary N) is 1. The molecule has 0 saturated carbocycles. The lowest BCUT2D eigenvalue weighted by atomic mass is 10.3. The van der Waals surface area contributed by atoms with Crippen molar-refractivity contribution in [3.63, 3.8) is 0 Å². The molecule has 1 amide bonds. The highest BCUT2D eigenvalue weighted by molar-refractivity contribution is 5.75. The van der Waals surface area contributed by atoms with Crippen molar-refractivity contribution in [3.05, 3.63) is 0 Å². The Balaban J connectivity index is 3.15. The van der Waals surface area contributed by atoms with Crippen molar-refractivity contribution in [3.8, 4) is 0 Å². The average molecular weight is 202 g/mol. The molecule has 0 aliphatic carbocycles. The molecule has 0 heterocycles. The zero-order valence-electron chi connectivity index (χ0n) is 9.21. The third-order valence-electron chi connectivity index (χ3n) is 1.70. The molecule has 0 aromatic heterocycles. The van der Waals surface area contributed by atoms with Crippen molar-refractivity contribution in [1.29, 1.82) is 0 Å². The molecule has 84 valence electrons.